The molecule has 1 saturated heterocycles. The first-order chi connectivity index (χ1) is 13.2. The van der Waals surface area contributed by atoms with Gasteiger partial charge in [-0.2, -0.15) is 0 Å². The Bertz CT molecular complexity index is 971. The first kappa shape index (κ1) is 16.8. The summed E-state index contributed by atoms with van der Waals surface area (Å²) in [5.41, 5.74) is 1.38. The van der Waals surface area contributed by atoms with Crippen LogP contribution in [0.4, 0.5) is 0 Å². The van der Waals surface area contributed by atoms with Gasteiger partial charge in [0.15, 0.2) is 5.76 Å². The normalized spacial score (nSPS) is 19.5. The fourth-order valence-corrected chi connectivity index (χ4v) is 3.34. The second-order valence-corrected chi connectivity index (χ2v) is 6.21. The molecule has 0 N–H and O–H groups in total. The van der Waals surface area contributed by atoms with E-state index in [-0.39, 0.29) is 12.3 Å². The molecule has 0 radical (unpaired) electrons. The number of rotatable bonds is 5. The molecule has 0 aromatic carbocycles. The fourth-order valence-electron chi connectivity index (χ4n) is 3.34. The van der Waals surface area contributed by atoms with Gasteiger partial charge in [-0.05, 0) is 35.4 Å². The third-order valence-electron chi connectivity index (χ3n) is 4.55. The van der Waals surface area contributed by atoms with E-state index in [1.165, 1.54) is 17.2 Å². The standard InChI is InChI=1S/C20H15N3O4/c24-18(15-6-3-9-27-15)16-17(14-5-2-8-22-11-14)23(20(26)19(16)25)12-13-4-1-7-21-10-13/h1-11,16-17H,12H2. The molecule has 2 unspecified atom stereocenters. The first-order valence-corrected chi connectivity index (χ1v) is 8.38. The van der Waals surface area contributed by atoms with Gasteiger partial charge >= 0.3 is 0 Å². The lowest BCUT2D eigenvalue weighted by molar-refractivity contribution is -0.141. The molecule has 1 amide bonds. The topological polar surface area (TPSA) is 93.4 Å². The molecule has 0 spiro atoms. The zero-order valence-corrected chi connectivity index (χ0v) is 14.2. The van der Waals surface area contributed by atoms with E-state index in [9.17, 15) is 14.4 Å². The Morgan fingerprint density at radius 3 is 2.44 bits per heavy atom. The Kier molecular flexibility index (Phi) is 4.33. The van der Waals surface area contributed by atoms with Crippen molar-refractivity contribution in [2.24, 2.45) is 5.92 Å². The minimum Gasteiger partial charge on any atom is -0.461 e. The fraction of sp³-hybridized carbons (Fsp3) is 0.150. The summed E-state index contributed by atoms with van der Waals surface area (Å²) in [4.78, 5) is 47.9. The minimum atomic E-state index is -1.18. The van der Waals surface area contributed by atoms with Gasteiger partial charge in [0.25, 0.3) is 5.91 Å². The van der Waals surface area contributed by atoms with E-state index in [0.29, 0.717) is 5.56 Å². The van der Waals surface area contributed by atoms with Gasteiger partial charge in [0, 0.05) is 31.3 Å². The van der Waals surface area contributed by atoms with Crippen molar-refractivity contribution in [3.05, 3.63) is 84.3 Å². The quantitative estimate of drug-likeness (QED) is 0.393. The van der Waals surface area contributed by atoms with Crippen LogP contribution in [-0.2, 0) is 16.1 Å². The molecule has 4 rings (SSSR count). The number of carbonyl (C=O) groups excluding carboxylic acids is 3. The lowest BCUT2D eigenvalue weighted by Gasteiger charge is -2.26. The number of likely N-dealkylation sites (tertiary alicyclic amines) is 1. The van der Waals surface area contributed by atoms with E-state index in [2.05, 4.69) is 9.97 Å². The maximum Gasteiger partial charge on any atom is 0.291 e. The van der Waals surface area contributed by atoms with Crippen molar-refractivity contribution in [2.45, 2.75) is 12.6 Å². The average molecular weight is 361 g/mol. The van der Waals surface area contributed by atoms with Crippen LogP contribution in [0.3, 0.4) is 0 Å². The maximum absolute atomic E-state index is 12.9. The second kappa shape index (κ2) is 6.95. The predicted octanol–water partition coefficient (Wildman–Crippen LogP) is 2.22. The monoisotopic (exact) mass is 361 g/mol. The van der Waals surface area contributed by atoms with Crippen LogP contribution < -0.4 is 0 Å². The zero-order valence-electron chi connectivity index (χ0n) is 14.2. The molecule has 1 aliphatic heterocycles. The summed E-state index contributed by atoms with van der Waals surface area (Å²) in [6.07, 6.45) is 7.77. The third-order valence-corrected chi connectivity index (χ3v) is 4.55. The van der Waals surface area contributed by atoms with Crippen LogP contribution in [0.5, 0.6) is 0 Å². The Morgan fingerprint density at radius 2 is 1.81 bits per heavy atom. The largest absolute Gasteiger partial charge is 0.461 e. The Morgan fingerprint density at radius 1 is 1.04 bits per heavy atom. The van der Waals surface area contributed by atoms with Crippen molar-refractivity contribution in [1.29, 1.82) is 0 Å². The van der Waals surface area contributed by atoms with Crippen molar-refractivity contribution in [2.75, 3.05) is 0 Å². The molecule has 27 heavy (non-hydrogen) atoms. The summed E-state index contributed by atoms with van der Waals surface area (Å²) >= 11 is 0. The van der Waals surface area contributed by atoms with Gasteiger partial charge in [0.1, 0.15) is 5.92 Å². The lowest BCUT2D eigenvalue weighted by Crippen LogP contribution is -2.30. The number of furan rings is 1. The lowest BCUT2D eigenvalue weighted by atomic mass is 9.89. The van der Waals surface area contributed by atoms with Gasteiger partial charge in [-0.1, -0.05) is 12.1 Å². The summed E-state index contributed by atoms with van der Waals surface area (Å²) < 4.78 is 5.17. The molecule has 0 bridgehead atoms. The molecule has 0 aliphatic carbocycles. The van der Waals surface area contributed by atoms with E-state index in [4.69, 9.17) is 4.42 Å². The molecule has 3 aromatic rings. The Labute approximate surface area is 154 Å². The zero-order chi connectivity index (χ0) is 18.8. The predicted molar refractivity (Wildman–Crippen MR) is 93.3 cm³/mol. The molecule has 7 heteroatoms. The van der Waals surface area contributed by atoms with Crippen LogP contribution in [0.25, 0.3) is 0 Å². The van der Waals surface area contributed by atoms with Gasteiger partial charge in [0.2, 0.25) is 11.6 Å². The number of hydrogen-bond donors (Lipinski definition) is 0. The van der Waals surface area contributed by atoms with Crippen molar-refractivity contribution in [3.63, 3.8) is 0 Å². The van der Waals surface area contributed by atoms with Crippen molar-refractivity contribution in [3.8, 4) is 0 Å². The number of amides is 1. The number of aromatic nitrogens is 2. The van der Waals surface area contributed by atoms with Crippen LogP contribution in [0.1, 0.15) is 27.7 Å². The van der Waals surface area contributed by atoms with E-state index in [1.807, 2.05) is 6.07 Å². The van der Waals surface area contributed by atoms with Crippen molar-refractivity contribution < 1.29 is 18.8 Å². The highest BCUT2D eigenvalue weighted by Crippen LogP contribution is 2.38. The summed E-state index contributed by atoms with van der Waals surface area (Å²) in [7, 11) is 0. The third kappa shape index (κ3) is 3.03. The average Bonchev–Trinajstić information content (AvgIpc) is 3.32. The molecule has 134 valence electrons. The highest BCUT2D eigenvalue weighted by molar-refractivity contribution is 6.43. The van der Waals surface area contributed by atoms with E-state index in [0.717, 1.165) is 5.56 Å². The number of carbonyl (C=O) groups is 3. The molecule has 7 nitrogen and oxygen atoms in total. The second-order valence-electron chi connectivity index (χ2n) is 6.21. The van der Waals surface area contributed by atoms with Gasteiger partial charge in [-0.15, -0.1) is 0 Å². The van der Waals surface area contributed by atoms with Crippen LogP contribution >= 0.6 is 0 Å². The molecule has 4 heterocycles. The molecular formula is C20H15N3O4. The van der Waals surface area contributed by atoms with Crippen LogP contribution in [0.2, 0.25) is 0 Å². The molecule has 2 atom stereocenters. The van der Waals surface area contributed by atoms with Crippen LogP contribution in [0, 0.1) is 5.92 Å². The highest BCUT2D eigenvalue weighted by Gasteiger charge is 2.52. The number of ketones is 2. The van der Waals surface area contributed by atoms with Crippen molar-refractivity contribution in [1.82, 2.24) is 14.9 Å². The maximum atomic E-state index is 12.9. The van der Waals surface area contributed by atoms with E-state index < -0.39 is 29.4 Å². The summed E-state index contributed by atoms with van der Waals surface area (Å²) in [5, 5.41) is 0. The summed E-state index contributed by atoms with van der Waals surface area (Å²) in [6, 6.07) is 9.33. The number of hydrogen-bond acceptors (Lipinski definition) is 6. The summed E-state index contributed by atoms with van der Waals surface area (Å²) in [5.74, 6) is -3.07. The molecule has 1 fully saturated rings. The van der Waals surface area contributed by atoms with Gasteiger partial charge in [-0.3, -0.25) is 24.4 Å². The van der Waals surface area contributed by atoms with Gasteiger partial charge < -0.3 is 9.32 Å². The SMILES string of the molecule is O=C1C(=O)N(Cc2cccnc2)C(c2cccnc2)C1C(=O)c1ccco1. The van der Waals surface area contributed by atoms with Gasteiger partial charge in [0.05, 0.1) is 12.3 Å². The first-order valence-electron chi connectivity index (χ1n) is 8.38. The highest BCUT2D eigenvalue weighted by atomic mass is 16.3. The van der Waals surface area contributed by atoms with Gasteiger partial charge in [-0.25, -0.2) is 0 Å². The molecule has 0 saturated carbocycles. The Balaban J connectivity index is 1.77. The molecule has 1 aliphatic rings. The van der Waals surface area contributed by atoms with Crippen LogP contribution in [-0.4, -0.2) is 32.3 Å². The van der Waals surface area contributed by atoms with E-state index in [1.54, 1.807) is 49.1 Å². The molecular weight excluding hydrogens is 346 g/mol. The van der Waals surface area contributed by atoms with E-state index >= 15 is 0 Å². The number of Topliss-reactive ketones (excluding diaryl/α,β-unsaturated/α-hetero) is 2. The number of pyridine rings is 2. The summed E-state index contributed by atoms with van der Waals surface area (Å²) in [6.45, 7) is 0.167. The van der Waals surface area contributed by atoms with Crippen LogP contribution in [0.15, 0.2) is 71.9 Å². The Hall–Kier alpha value is -3.61. The minimum absolute atomic E-state index is 0.0540. The molecule has 3 aromatic heterocycles. The number of nitrogens with zero attached hydrogens (tertiary/aromatic N) is 3. The van der Waals surface area contributed by atoms with Crippen molar-refractivity contribution >= 4 is 17.5 Å². The smallest absolute Gasteiger partial charge is 0.291 e.